The van der Waals surface area contributed by atoms with Crippen LogP contribution in [-0.2, 0) is 9.59 Å². The van der Waals surface area contributed by atoms with Crippen molar-refractivity contribution in [3.63, 3.8) is 0 Å². The van der Waals surface area contributed by atoms with Crippen molar-refractivity contribution in [1.29, 1.82) is 0 Å². The zero-order valence-corrected chi connectivity index (χ0v) is 20.7. The van der Waals surface area contributed by atoms with Crippen LogP contribution in [0.15, 0.2) is 29.3 Å². The van der Waals surface area contributed by atoms with Crippen LogP contribution in [0.3, 0.4) is 0 Å². The largest absolute Gasteiger partial charge is 0.392 e. The van der Waals surface area contributed by atoms with Crippen LogP contribution in [0.2, 0.25) is 0 Å². The second kappa shape index (κ2) is 10.6. The van der Waals surface area contributed by atoms with Crippen molar-refractivity contribution in [2.24, 2.45) is 22.6 Å². The maximum absolute atomic E-state index is 14.1. The molecule has 1 saturated carbocycles. The number of aliphatic hydroxyl groups is 1. The molecule has 7 nitrogen and oxygen atoms in total. The third-order valence-corrected chi connectivity index (χ3v) is 7.64. The average Bonchev–Trinajstić information content (AvgIpc) is 3.70. The van der Waals surface area contributed by atoms with Gasteiger partial charge >= 0.3 is 0 Å². The number of amidine groups is 1. The summed E-state index contributed by atoms with van der Waals surface area (Å²) in [4.78, 5) is 36.4. The molecule has 0 radical (unpaired) electrons. The van der Waals surface area contributed by atoms with Gasteiger partial charge in [0.15, 0.2) is 5.78 Å². The Bertz CT molecular complexity index is 920. The van der Waals surface area contributed by atoms with Gasteiger partial charge in [0.25, 0.3) is 5.91 Å². The minimum Gasteiger partial charge on any atom is -0.392 e. The molecule has 0 bridgehead atoms. The fraction of sp³-hybridized carbons (Fsp3) is 0.667. The van der Waals surface area contributed by atoms with Gasteiger partial charge in [0.2, 0.25) is 5.66 Å². The number of benzodiazepines with no additional fused rings is 1. The molecule has 1 aliphatic carbocycles. The SMILES string of the molecule is CCCCC(O)C(CC1CC1)C(=O)C1(N)N=C(N2CCCCCC2)c2ccccc2N(C)C1=O. The number of unbranched alkanes of at least 4 members (excludes halogenated alkanes) is 1. The molecule has 1 amide bonds. The number of benzene rings is 1. The molecule has 1 aromatic carbocycles. The Kier molecular flexibility index (Phi) is 7.73. The first kappa shape index (κ1) is 24.9. The predicted molar refractivity (Wildman–Crippen MR) is 135 cm³/mol. The van der Waals surface area contributed by atoms with E-state index < -0.39 is 29.4 Å². The maximum Gasteiger partial charge on any atom is 0.277 e. The number of aliphatic imine (C=N–C) groups is 1. The van der Waals surface area contributed by atoms with Gasteiger partial charge in [0.05, 0.1) is 11.8 Å². The summed E-state index contributed by atoms with van der Waals surface area (Å²) >= 11 is 0. The second-order valence-corrected chi connectivity index (χ2v) is 10.3. The van der Waals surface area contributed by atoms with E-state index in [0.29, 0.717) is 30.3 Å². The molecule has 1 aromatic rings. The van der Waals surface area contributed by atoms with Crippen LogP contribution in [0.4, 0.5) is 5.69 Å². The number of hydrogen-bond acceptors (Lipinski definition) is 6. The van der Waals surface area contributed by atoms with E-state index in [1.54, 1.807) is 7.05 Å². The summed E-state index contributed by atoms with van der Waals surface area (Å²) in [5, 5.41) is 11.0. The van der Waals surface area contributed by atoms with E-state index in [0.717, 1.165) is 70.0 Å². The summed E-state index contributed by atoms with van der Waals surface area (Å²) in [6.07, 6.45) is 8.56. The van der Waals surface area contributed by atoms with Gasteiger partial charge in [-0.2, -0.15) is 0 Å². The highest BCUT2D eigenvalue weighted by Gasteiger charge is 2.51. The minimum atomic E-state index is -2.05. The van der Waals surface area contributed by atoms with Crippen molar-refractivity contribution in [3.8, 4) is 0 Å². The van der Waals surface area contributed by atoms with Crippen LogP contribution in [0.1, 0.15) is 76.7 Å². The first-order valence-electron chi connectivity index (χ1n) is 13.1. The lowest BCUT2D eigenvalue weighted by atomic mass is 9.83. The Balaban J connectivity index is 1.77. The van der Waals surface area contributed by atoms with E-state index in [9.17, 15) is 14.7 Å². The van der Waals surface area contributed by atoms with Crippen molar-refractivity contribution >= 4 is 23.2 Å². The van der Waals surface area contributed by atoms with Crippen LogP contribution >= 0.6 is 0 Å². The van der Waals surface area contributed by atoms with Gasteiger partial charge in [-0.25, -0.2) is 4.99 Å². The van der Waals surface area contributed by atoms with E-state index in [-0.39, 0.29) is 0 Å². The summed E-state index contributed by atoms with van der Waals surface area (Å²) in [7, 11) is 1.67. The molecule has 186 valence electrons. The van der Waals surface area contributed by atoms with Gasteiger partial charge in [0, 0.05) is 31.6 Å². The number of aliphatic hydroxyl groups excluding tert-OH is 1. The van der Waals surface area contributed by atoms with Crippen molar-refractivity contribution in [2.75, 3.05) is 25.0 Å². The van der Waals surface area contributed by atoms with Gasteiger partial charge in [0.1, 0.15) is 5.84 Å². The summed E-state index contributed by atoms with van der Waals surface area (Å²) in [5.74, 6) is -0.618. The van der Waals surface area contributed by atoms with Gasteiger partial charge in [-0.15, -0.1) is 0 Å². The highest BCUT2D eigenvalue weighted by atomic mass is 16.3. The number of nitrogens with two attached hydrogens (primary N) is 1. The zero-order chi connectivity index (χ0) is 24.3. The average molecular weight is 469 g/mol. The second-order valence-electron chi connectivity index (χ2n) is 10.3. The number of carbonyl (C=O) groups excluding carboxylic acids is 2. The monoisotopic (exact) mass is 468 g/mol. The molecule has 2 heterocycles. The summed E-state index contributed by atoms with van der Waals surface area (Å²) in [6.45, 7) is 3.70. The third kappa shape index (κ3) is 5.05. The molecule has 7 heteroatoms. The summed E-state index contributed by atoms with van der Waals surface area (Å²) in [6, 6.07) is 7.66. The molecule has 4 rings (SSSR count). The number of carbonyl (C=O) groups is 2. The molecule has 3 N–H and O–H groups in total. The first-order valence-corrected chi connectivity index (χ1v) is 13.1. The highest BCUT2D eigenvalue weighted by Crippen LogP contribution is 2.39. The van der Waals surface area contributed by atoms with Gasteiger partial charge in [-0.05, 0) is 43.7 Å². The fourth-order valence-electron chi connectivity index (χ4n) is 5.33. The molecule has 0 spiro atoms. The molecular weight excluding hydrogens is 428 g/mol. The molecule has 34 heavy (non-hydrogen) atoms. The predicted octanol–water partition coefficient (Wildman–Crippen LogP) is 3.48. The van der Waals surface area contributed by atoms with E-state index in [4.69, 9.17) is 10.7 Å². The van der Waals surface area contributed by atoms with Gasteiger partial charge in [-0.3, -0.25) is 15.3 Å². The standard InChI is InChI=1S/C27H40N4O3/c1-3-4-13-23(32)21(18-19-14-15-19)24(33)27(28)26(34)30(2)22-12-8-7-11-20(22)25(29-27)31-16-9-5-6-10-17-31/h7-8,11-12,19,21,23,32H,3-6,9-10,13-18,28H2,1-2H3. The normalized spacial score (nSPS) is 25.2. The Hall–Kier alpha value is -2.25. The van der Waals surface area contributed by atoms with Crippen molar-refractivity contribution < 1.29 is 14.7 Å². The minimum absolute atomic E-state index is 0.415. The lowest BCUT2D eigenvalue weighted by Crippen LogP contribution is -2.61. The molecule has 1 saturated heterocycles. The number of para-hydroxylation sites is 1. The molecule has 3 atom stereocenters. The van der Waals surface area contributed by atoms with Crippen molar-refractivity contribution in [2.45, 2.75) is 82.9 Å². The van der Waals surface area contributed by atoms with Crippen LogP contribution in [0.25, 0.3) is 0 Å². The molecular formula is C27H40N4O3. The maximum atomic E-state index is 14.1. The molecule has 3 aliphatic rings. The lowest BCUT2D eigenvalue weighted by Gasteiger charge is -2.32. The van der Waals surface area contributed by atoms with E-state index in [2.05, 4.69) is 11.8 Å². The van der Waals surface area contributed by atoms with E-state index in [1.165, 1.54) is 4.90 Å². The van der Waals surface area contributed by atoms with Crippen LogP contribution < -0.4 is 10.6 Å². The number of likely N-dealkylation sites (tertiary alicyclic amines) is 1. The van der Waals surface area contributed by atoms with E-state index in [1.807, 2.05) is 24.3 Å². The Morgan fingerprint density at radius 2 is 1.88 bits per heavy atom. The number of ketones is 1. The van der Waals surface area contributed by atoms with Crippen molar-refractivity contribution in [1.82, 2.24) is 4.90 Å². The summed E-state index contributed by atoms with van der Waals surface area (Å²) < 4.78 is 0. The quantitative estimate of drug-likeness (QED) is 0.569. The number of Topliss-reactive ketones (excluding diaryl/α,β-unsaturated/α-hetero) is 1. The number of hydrogen-bond donors (Lipinski definition) is 2. The van der Waals surface area contributed by atoms with Crippen molar-refractivity contribution in [3.05, 3.63) is 29.8 Å². The highest BCUT2D eigenvalue weighted by molar-refractivity contribution is 6.22. The van der Waals surface area contributed by atoms with Gasteiger partial charge in [-0.1, -0.05) is 57.6 Å². The van der Waals surface area contributed by atoms with Crippen LogP contribution in [-0.4, -0.2) is 59.4 Å². The van der Waals surface area contributed by atoms with E-state index >= 15 is 0 Å². The molecule has 2 aliphatic heterocycles. The van der Waals surface area contributed by atoms with Gasteiger partial charge < -0.3 is 14.9 Å². The fourth-order valence-corrected chi connectivity index (χ4v) is 5.33. The number of nitrogens with zero attached hydrogens (tertiary/aromatic N) is 3. The molecule has 2 fully saturated rings. The Morgan fingerprint density at radius 3 is 2.53 bits per heavy atom. The van der Waals surface area contributed by atoms with Crippen LogP contribution in [0, 0.1) is 11.8 Å². The zero-order valence-electron chi connectivity index (χ0n) is 20.7. The number of rotatable bonds is 8. The number of amides is 1. The Morgan fingerprint density at radius 1 is 1.21 bits per heavy atom. The molecule has 3 unspecified atom stereocenters. The molecule has 0 aromatic heterocycles. The number of likely N-dealkylation sites (N-methyl/N-ethyl adjacent to an activating group) is 1. The van der Waals surface area contributed by atoms with Crippen LogP contribution in [0.5, 0.6) is 0 Å². The smallest absolute Gasteiger partial charge is 0.277 e. The third-order valence-electron chi connectivity index (χ3n) is 7.64. The lowest BCUT2D eigenvalue weighted by molar-refractivity contribution is -0.139. The topological polar surface area (TPSA) is 99.2 Å². The summed E-state index contributed by atoms with van der Waals surface area (Å²) in [5.41, 5.74) is 6.23. The number of fused-ring (bicyclic) bond motifs is 1. The number of anilines is 1. The first-order chi connectivity index (χ1) is 16.4. The Labute approximate surface area is 203 Å².